The maximum Gasteiger partial charge on any atom is 0.227 e. The van der Waals surface area contributed by atoms with Gasteiger partial charge in [0.25, 0.3) is 0 Å². The Balaban J connectivity index is 1.60. The van der Waals surface area contributed by atoms with Crippen molar-refractivity contribution in [2.24, 2.45) is 0 Å². The molecule has 0 radical (unpaired) electrons. The van der Waals surface area contributed by atoms with Crippen LogP contribution in [0.4, 0.5) is 11.4 Å². The molecule has 1 atom stereocenters. The van der Waals surface area contributed by atoms with E-state index in [9.17, 15) is 4.79 Å². The SMILES string of the molecule is Cc1ccc([C@H](C)NC(=S)Nc2ccc(N3CCCC3=O)cc2)c(C)c1. The van der Waals surface area contributed by atoms with Crippen molar-refractivity contribution in [1.29, 1.82) is 0 Å². The number of anilines is 2. The van der Waals surface area contributed by atoms with Crippen LogP contribution in [0.25, 0.3) is 0 Å². The van der Waals surface area contributed by atoms with Gasteiger partial charge in [0.15, 0.2) is 5.11 Å². The van der Waals surface area contributed by atoms with Crippen LogP contribution < -0.4 is 15.5 Å². The molecular formula is C21H25N3OS. The van der Waals surface area contributed by atoms with Crippen molar-refractivity contribution >= 4 is 34.6 Å². The molecule has 3 rings (SSSR count). The first-order chi connectivity index (χ1) is 12.4. The Morgan fingerprint density at radius 3 is 2.50 bits per heavy atom. The average Bonchev–Trinajstić information content (AvgIpc) is 3.01. The molecule has 2 N–H and O–H groups in total. The van der Waals surface area contributed by atoms with E-state index in [0.29, 0.717) is 11.5 Å². The molecular weight excluding hydrogens is 342 g/mol. The molecule has 1 aliphatic rings. The zero-order valence-corrected chi connectivity index (χ0v) is 16.3. The molecule has 1 aliphatic heterocycles. The van der Waals surface area contributed by atoms with Gasteiger partial charge in [0, 0.05) is 24.3 Å². The number of hydrogen-bond donors (Lipinski definition) is 2. The molecule has 1 heterocycles. The number of rotatable bonds is 4. The number of benzene rings is 2. The third-order valence-corrected chi connectivity index (χ3v) is 4.97. The maximum atomic E-state index is 11.8. The second-order valence-electron chi connectivity index (χ2n) is 6.88. The van der Waals surface area contributed by atoms with E-state index in [1.165, 1.54) is 16.7 Å². The van der Waals surface area contributed by atoms with Crippen molar-refractivity contribution in [2.45, 2.75) is 39.7 Å². The zero-order chi connectivity index (χ0) is 18.7. The first-order valence-corrected chi connectivity index (χ1v) is 9.40. The van der Waals surface area contributed by atoms with Crippen molar-refractivity contribution in [1.82, 2.24) is 5.32 Å². The summed E-state index contributed by atoms with van der Waals surface area (Å²) >= 11 is 5.45. The second kappa shape index (κ2) is 7.87. The van der Waals surface area contributed by atoms with Crippen LogP contribution >= 0.6 is 12.2 Å². The van der Waals surface area contributed by atoms with Gasteiger partial charge in [-0.15, -0.1) is 0 Å². The monoisotopic (exact) mass is 367 g/mol. The summed E-state index contributed by atoms with van der Waals surface area (Å²) in [5, 5.41) is 7.14. The lowest BCUT2D eigenvalue weighted by molar-refractivity contribution is -0.117. The Morgan fingerprint density at radius 2 is 1.88 bits per heavy atom. The summed E-state index contributed by atoms with van der Waals surface area (Å²) in [7, 11) is 0. The fourth-order valence-corrected chi connectivity index (χ4v) is 3.69. The number of aryl methyl sites for hydroxylation is 2. The van der Waals surface area contributed by atoms with E-state index in [0.717, 1.165) is 24.3 Å². The highest BCUT2D eigenvalue weighted by Gasteiger charge is 2.21. The van der Waals surface area contributed by atoms with Crippen molar-refractivity contribution in [2.75, 3.05) is 16.8 Å². The molecule has 5 heteroatoms. The summed E-state index contributed by atoms with van der Waals surface area (Å²) < 4.78 is 0. The highest BCUT2D eigenvalue weighted by Crippen LogP contribution is 2.23. The molecule has 26 heavy (non-hydrogen) atoms. The number of amides is 1. The van der Waals surface area contributed by atoms with Crippen LogP contribution in [0.5, 0.6) is 0 Å². The van der Waals surface area contributed by atoms with E-state index >= 15 is 0 Å². The number of thiocarbonyl (C=S) groups is 1. The highest BCUT2D eigenvalue weighted by molar-refractivity contribution is 7.80. The minimum Gasteiger partial charge on any atom is -0.356 e. The lowest BCUT2D eigenvalue weighted by Gasteiger charge is -2.20. The van der Waals surface area contributed by atoms with Crippen LogP contribution in [-0.4, -0.2) is 17.6 Å². The Labute approximate surface area is 160 Å². The van der Waals surface area contributed by atoms with E-state index in [2.05, 4.69) is 49.6 Å². The summed E-state index contributed by atoms with van der Waals surface area (Å²) in [5.41, 5.74) is 5.61. The molecule has 1 amide bonds. The largest absolute Gasteiger partial charge is 0.356 e. The van der Waals surface area contributed by atoms with Crippen molar-refractivity contribution < 1.29 is 4.79 Å². The van der Waals surface area contributed by atoms with E-state index < -0.39 is 0 Å². The van der Waals surface area contributed by atoms with Gasteiger partial charge in [0.05, 0.1) is 6.04 Å². The Morgan fingerprint density at radius 1 is 1.15 bits per heavy atom. The van der Waals surface area contributed by atoms with Crippen LogP contribution in [0, 0.1) is 13.8 Å². The van der Waals surface area contributed by atoms with Gasteiger partial charge in [-0.1, -0.05) is 23.8 Å². The Bertz CT molecular complexity index is 817. The van der Waals surface area contributed by atoms with Gasteiger partial charge >= 0.3 is 0 Å². The molecule has 0 aliphatic carbocycles. The summed E-state index contributed by atoms with van der Waals surface area (Å²) in [5.74, 6) is 0.199. The number of nitrogens with zero attached hydrogens (tertiary/aromatic N) is 1. The van der Waals surface area contributed by atoms with Crippen LogP contribution in [0.2, 0.25) is 0 Å². The van der Waals surface area contributed by atoms with Gasteiger partial charge in [-0.05, 0) is 74.8 Å². The van der Waals surface area contributed by atoms with Gasteiger partial charge in [0.1, 0.15) is 0 Å². The molecule has 4 nitrogen and oxygen atoms in total. The third-order valence-electron chi connectivity index (χ3n) is 4.75. The van der Waals surface area contributed by atoms with Gasteiger partial charge in [-0.25, -0.2) is 0 Å². The fourth-order valence-electron chi connectivity index (χ4n) is 3.40. The molecule has 136 valence electrons. The minimum atomic E-state index is 0.122. The van der Waals surface area contributed by atoms with E-state index in [1.54, 1.807) is 0 Å². The summed E-state index contributed by atoms with van der Waals surface area (Å²) in [6.45, 7) is 7.13. The summed E-state index contributed by atoms with van der Waals surface area (Å²) in [4.78, 5) is 13.7. The van der Waals surface area contributed by atoms with Crippen LogP contribution in [0.15, 0.2) is 42.5 Å². The molecule has 0 unspecified atom stereocenters. The van der Waals surface area contributed by atoms with Crippen molar-refractivity contribution in [3.63, 3.8) is 0 Å². The third kappa shape index (κ3) is 4.22. The average molecular weight is 368 g/mol. The van der Waals surface area contributed by atoms with Gasteiger partial charge < -0.3 is 15.5 Å². The van der Waals surface area contributed by atoms with E-state index in [1.807, 2.05) is 29.2 Å². The fraction of sp³-hybridized carbons (Fsp3) is 0.333. The number of nitrogens with one attached hydrogen (secondary N) is 2. The maximum absolute atomic E-state index is 11.8. The predicted molar refractivity (Wildman–Crippen MR) is 112 cm³/mol. The number of hydrogen-bond acceptors (Lipinski definition) is 2. The molecule has 0 aromatic heterocycles. The molecule has 2 aromatic rings. The molecule has 0 saturated carbocycles. The summed E-state index contributed by atoms with van der Waals surface area (Å²) in [6, 6.07) is 14.4. The van der Waals surface area contributed by atoms with E-state index in [-0.39, 0.29) is 11.9 Å². The highest BCUT2D eigenvalue weighted by atomic mass is 32.1. The normalized spacial score (nSPS) is 15.0. The molecule has 0 bridgehead atoms. The predicted octanol–water partition coefficient (Wildman–Crippen LogP) is 4.48. The standard InChI is InChI=1S/C21H25N3OS/c1-14-6-11-19(15(2)13-14)16(3)22-21(26)23-17-7-9-18(10-8-17)24-12-4-5-20(24)25/h6-11,13,16H,4-5,12H2,1-3H3,(H2,22,23,26)/t16-/m0/s1. The zero-order valence-electron chi connectivity index (χ0n) is 15.5. The van der Waals surface area contributed by atoms with Crippen LogP contribution in [0.3, 0.4) is 0 Å². The number of carbonyl (C=O) groups excluding carboxylic acids is 1. The minimum absolute atomic E-state index is 0.122. The molecule has 2 aromatic carbocycles. The number of carbonyl (C=O) groups is 1. The second-order valence-corrected chi connectivity index (χ2v) is 7.28. The lowest BCUT2D eigenvalue weighted by Crippen LogP contribution is -2.31. The van der Waals surface area contributed by atoms with Crippen molar-refractivity contribution in [3.8, 4) is 0 Å². The van der Waals surface area contributed by atoms with Gasteiger partial charge in [-0.3, -0.25) is 4.79 Å². The Hall–Kier alpha value is -2.40. The van der Waals surface area contributed by atoms with Crippen molar-refractivity contribution in [3.05, 3.63) is 59.2 Å². The van der Waals surface area contributed by atoms with E-state index in [4.69, 9.17) is 12.2 Å². The topological polar surface area (TPSA) is 44.4 Å². The first kappa shape index (κ1) is 18.4. The van der Waals surface area contributed by atoms with Crippen LogP contribution in [-0.2, 0) is 4.79 Å². The quantitative estimate of drug-likeness (QED) is 0.782. The summed E-state index contributed by atoms with van der Waals surface area (Å²) in [6.07, 6.45) is 1.58. The molecule has 0 spiro atoms. The smallest absolute Gasteiger partial charge is 0.227 e. The molecule has 1 saturated heterocycles. The van der Waals surface area contributed by atoms with Gasteiger partial charge in [-0.2, -0.15) is 0 Å². The van der Waals surface area contributed by atoms with Crippen LogP contribution in [0.1, 0.15) is 42.5 Å². The molecule has 1 fully saturated rings. The Kier molecular flexibility index (Phi) is 5.57. The van der Waals surface area contributed by atoms with Gasteiger partial charge in [0.2, 0.25) is 5.91 Å². The lowest BCUT2D eigenvalue weighted by atomic mass is 10.0. The first-order valence-electron chi connectivity index (χ1n) is 8.99.